The van der Waals surface area contributed by atoms with Crippen LogP contribution in [0.25, 0.3) is 0 Å². The topological polar surface area (TPSA) is 53.7 Å². The van der Waals surface area contributed by atoms with Gasteiger partial charge in [0.2, 0.25) is 0 Å². The van der Waals surface area contributed by atoms with Crippen molar-refractivity contribution in [3.63, 3.8) is 0 Å². The van der Waals surface area contributed by atoms with Gasteiger partial charge in [-0.1, -0.05) is 0 Å². The third-order valence-corrected chi connectivity index (χ3v) is 2.01. The number of ether oxygens (including phenoxy) is 2. The van der Waals surface area contributed by atoms with Gasteiger partial charge < -0.3 is 9.47 Å². The lowest BCUT2D eigenvalue weighted by Gasteiger charge is -2.12. The van der Waals surface area contributed by atoms with Crippen molar-refractivity contribution in [3.05, 3.63) is 29.1 Å². The average molecular weight is 215 g/mol. The van der Waals surface area contributed by atoms with Crippen molar-refractivity contribution in [1.29, 1.82) is 0 Å². The maximum atomic E-state index is 13.2. The zero-order valence-corrected chi connectivity index (χ0v) is 8.75. The SMILES string of the molecule is COCc1cc(F)cc(OC)c1CON. The van der Waals surface area contributed by atoms with E-state index in [-0.39, 0.29) is 19.0 Å². The summed E-state index contributed by atoms with van der Waals surface area (Å²) in [5.74, 6) is 5.03. The summed E-state index contributed by atoms with van der Waals surface area (Å²) in [7, 11) is 3.00. The van der Waals surface area contributed by atoms with Gasteiger partial charge in [0, 0.05) is 18.7 Å². The molecule has 0 heterocycles. The predicted molar refractivity (Wildman–Crippen MR) is 52.6 cm³/mol. The Hall–Kier alpha value is -1.17. The third kappa shape index (κ3) is 2.89. The minimum atomic E-state index is -0.375. The first-order valence-corrected chi connectivity index (χ1v) is 4.38. The second-order valence-electron chi connectivity index (χ2n) is 2.99. The highest BCUT2D eigenvalue weighted by Gasteiger charge is 2.11. The van der Waals surface area contributed by atoms with Crippen molar-refractivity contribution in [2.45, 2.75) is 13.2 Å². The Balaban J connectivity index is 3.14. The highest BCUT2D eigenvalue weighted by atomic mass is 19.1. The first kappa shape index (κ1) is 11.9. The number of nitrogens with two attached hydrogens (primary N) is 1. The standard InChI is InChI=1S/C10H14FNO3/c1-13-5-7-3-8(11)4-10(14-2)9(7)6-15-12/h3-4H,5-6,12H2,1-2H3. The Morgan fingerprint density at radius 3 is 2.53 bits per heavy atom. The van der Waals surface area contributed by atoms with E-state index in [0.29, 0.717) is 16.9 Å². The smallest absolute Gasteiger partial charge is 0.127 e. The van der Waals surface area contributed by atoms with Crippen LogP contribution in [0.5, 0.6) is 5.75 Å². The van der Waals surface area contributed by atoms with Crippen molar-refractivity contribution in [2.75, 3.05) is 14.2 Å². The van der Waals surface area contributed by atoms with Gasteiger partial charge in [0.05, 0.1) is 20.3 Å². The molecular weight excluding hydrogens is 201 g/mol. The molecule has 5 heteroatoms. The van der Waals surface area contributed by atoms with Crippen molar-refractivity contribution in [3.8, 4) is 5.75 Å². The second-order valence-corrected chi connectivity index (χ2v) is 2.99. The largest absolute Gasteiger partial charge is 0.496 e. The molecule has 1 aromatic carbocycles. The highest BCUT2D eigenvalue weighted by Crippen LogP contribution is 2.25. The molecule has 0 atom stereocenters. The molecule has 1 aromatic rings. The van der Waals surface area contributed by atoms with Crippen LogP contribution in [0.1, 0.15) is 11.1 Å². The number of hydrogen-bond donors (Lipinski definition) is 1. The lowest BCUT2D eigenvalue weighted by Crippen LogP contribution is -2.06. The van der Waals surface area contributed by atoms with E-state index >= 15 is 0 Å². The van der Waals surface area contributed by atoms with Crippen LogP contribution in [0.3, 0.4) is 0 Å². The van der Waals surface area contributed by atoms with Gasteiger partial charge in [-0.2, -0.15) is 0 Å². The molecule has 0 saturated heterocycles. The van der Waals surface area contributed by atoms with Gasteiger partial charge in [0.25, 0.3) is 0 Å². The molecule has 0 aliphatic heterocycles. The van der Waals surface area contributed by atoms with Crippen molar-refractivity contribution >= 4 is 0 Å². The second kappa shape index (κ2) is 5.65. The van der Waals surface area contributed by atoms with E-state index in [4.69, 9.17) is 15.4 Å². The number of benzene rings is 1. The zero-order valence-electron chi connectivity index (χ0n) is 8.75. The Bertz CT molecular complexity index is 331. The molecule has 0 fully saturated rings. The quantitative estimate of drug-likeness (QED) is 0.754. The molecule has 4 nitrogen and oxygen atoms in total. The Labute approximate surface area is 87.7 Å². The molecule has 15 heavy (non-hydrogen) atoms. The molecule has 0 saturated carbocycles. The lowest BCUT2D eigenvalue weighted by molar-refractivity contribution is 0.118. The maximum absolute atomic E-state index is 13.2. The van der Waals surface area contributed by atoms with Crippen molar-refractivity contribution < 1.29 is 18.7 Å². The van der Waals surface area contributed by atoms with Gasteiger partial charge in [0.15, 0.2) is 0 Å². The normalized spacial score (nSPS) is 10.4. The summed E-state index contributed by atoms with van der Waals surface area (Å²) >= 11 is 0. The van der Waals surface area contributed by atoms with E-state index in [0.717, 1.165) is 0 Å². The molecule has 0 amide bonds. The summed E-state index contributed by atoms with van der Waals surface area (Å²) in [6.45, 7) is 0.439. The number of rotatable bonds is 5. The zero-order chi connectivity index (χ0) is 11.3. The summed E-state index contributed by atoms with van der Waals surface area (Å²) in [4.78, 5) is 4.54. The Morgan fingerprint density at radius 1 is 1.27 bits per heavy atom. The fraction of sp³-hybridized carbons (Fsp3) is 0.400. The van der Waals surface area contributed by atoms with Crippen molar-refractivity contribution in [2.24, 2.45) is 5.90 Å². The fourth-order valence-corrected chi connectivity index (χ4v) is 1.38. The van der Waals surface area contributed by atoms with Gasteiger partial charge in [-0.25, -0.2) is 10.3 Å². The molecule has 0 aromatic heterocycles. The minimum absolute atomic E-state index is 0.155. The van der Waals surface area contributed by atoms with Crippen LogP contribution in [-0.4, -0.2) is 14.2 Å². The number of methoxy groups -OCH3 is 2. The summed E-state index contributed by atoms with van der Waals surface area (Å²) in [5.41, 5.74) is 1.36. The molecule has 0 radical (unpaired) electrons. The fourth-order valence-electron chi connectivity index (χ4n) is 1.38. The van der Waals surface area contributed by atoms with E-state index in [1.165, 1.54) is 26.4 Å². The van der Waals surface area contributed by atoms with E-state index in [9.17, 15) is 4.39 Å². The van der Waals surface area contributed by atoms with Crippen LogP contribution < -0.4 is 10.6 Å². The molecule has 0 aliphatic rings. The van der Waals surface area contributed by atoms with Gasteiger partial charge >= 0.3 is 0 Å². The predicted octanol–water partition coefficient (Wildman–Crippen LogP) is 1.37. The van der Waals surface area contributed by atoms with E-state index in [1.54, 1.807) is 0 Å². The molecule has 84 valence electrons. The molecule has 0 bridgehead atoms. The van der Waals surface area contributed by atoms with Gasteiger partial charge in [-0.15, -0.1) is 0 Å². The molecular formula is C10H14FNO3. The van der Waals surface area contributed by atoms with Gasteiger partial charge in [0.1, 0.15) is 11.6 Å². The van der Waals surface area contributed by atoms with E-state index in [2.05, 4.69) is 4.84 Å². The summed E-state index contributed by atoms with van der Waals surface area (Å²) in [6.07, 6.45) is 0. The lowest BCUT2D eigenvalue weighted by atomic mass is 10.1. The van der Waals surface area contributed by atoms with Crippen LogP contribution >= 0.6 is 0 Å². The Kier molecular flexibility index (Phi) is 4.48. The van der Waals surface area contributed by atoms with Crippen LogP contribution in [-0.2, 0) is 22.8 Å². The monoisotopic (exact) mass is 215 g/mol. The summed E-state index contributed by atoms with van der Waals surface area (Å²) in [6, 6.07) is 2.66. The molecule has 2 N–H and O–H groups in total. The van der Waals surface area contributed by atoms with Crippen LogP contribution in [0.15, 0.2) is 12.1 Å². The first-order valence-electron chi connectivity index (χ1n) is 4.38. The number of halogens is 1. The minimum Gasteiger partial charge on any atom is -0.496 e. The first-order chi connectivity index (χ1) is 7.22. The van der Waals surface area contributed by atoms with Gasteiger partial charge in [-0.3, -0.25) is 4.84 Å². The van der Waals surface area contributed by atoms with E-state index in [1.807, 2.05) is 0 Å². The summed E-state index contributed by atoms with van der Waals surface area (Å²) in [5, 5.41) is 0. The van der Waals surface area contributed by atoms with Crippen molar-refractivity contribution in [1.82, 2.24) is 0 Å². The van der Waals surface area contributed by atoms with Crippen LogP contribution in [0, 0.1) is 5.82 Å². The molecule has 1 rings (SSSR count). The highest BCUT2D eigenvalue weighted by molar-refractivity contribution is 5.40. The van der Waals surface area contributed by atoms with Gasteiger partial charge in [-0.05, 0) is 11.6 Å². The average Bonchev–Trinajstić information content (AvgIpc) is 2.22. The molecule has 0 aliphatic carbocycles. The van der Waals surface area contributed by atoms with Crippen LogP contribution in [0.4, 0.5) is 4.39 Å². The van der Waals surface area contributed by atoms with E-state index < -0.39 is 0 Å². The third-order valence-electron chi connectivity index (χ3n) is 2.01. The maximum Gasteiger partial charge on any atom is 0.127 e. The summed E-state index contributed by atoms with van der Waals surface area (Å²) < 4.78 is 23.1. The van der Waals surface area contributed by atoms with Crippen LogP contribution in [0.2, 0.25) is 0 Å². The molecule has 0 spiro atoms. The molecule has 0 unspecified atom stereocenters. The number of hydrogen-bond acceptors (Lipinski definition) is 4. The Morgan fingerprint density at radius 2 is 2.00 bits per heavy atom.